The number of hydrogen-bond donors (Lipinski definition) is 2. The minimum Gasteiger partial charge on any atom is -0.475 e. The van der Waals surface area contributed by atoms with Crippen LogP contribution in [0.1, 0.15) is 0 Å². The van der Waals surface area contributed by atoms with E-state index >= 15 is 0 Å². The largest absolute Gasteiger partial charge is 0.475 e. The van der Waals surface area contributed by atoms with Gasteiger partial charge in [-0.2, -0.15) is 0 Å². The Balaban J connectivity index is 2.46. The zero-order chi connectivity index (χ0) is 9.52. The van der Waals surface area contributed by atoms with Crippen LogP contribution in [0.3, 0.4) is 0 Å². The monoisotopic (exact) mass is 184 g/mol. The van der Waals surface area contributed by atoms with E-state index in [0.29, 0.717) is 24.9 Å². The second-order valence-electron chi connectivity index (χ2n) is 2.23. The molecule has 72 valence electrons. The zero-order valence-electron chi connectivity index (χ0n) is 7.36. The van der Waals surface area contributed by atoms with Gasteiger partial charge in [-0.25, -0.2) is 15.8 Å². The third-order valence-electron chi connectivity index (χ3n) is 1.33. The topological polar surface area (TPSA) is 82.3 Å². The third-order valence-corrected chi connectivity index (χ3v) is 1.33. The highest BCUT2D eigenvalue weighted by Gasteiger charge is 1.96. The summed E-state index contributed by atoms with van der Waals surface area (Å²) in [4.78, 5) is 7.70. The molecule has 0 aromatic carbocycles. The molecule has 6 nitrogen and oxygen atoms in total. The van der Waals surface area contributed by atoms with E-state index in [-0.39, 0.29) is 0 Å². The molecule has 0 spiro atoms. The van der Waals surface area contributed by atoms with Crippen molar-refractivity contribution in [1.29, 1.82) is 0 Å². The van der Waals surface area contributed by atoms with E-state index in [9.17, 15) is 0 Å². The Labute approximate surface area is 76.1 Å². The summed E-state index contributed by atoms with van der Waals surface area (Å²) in [5.41, 5.74) is 2.40. The molecule has 0 unspecified atom stereocenters. The summed E-state index contributed by atoms with van der Waals surface area (Å²) in [7, 11) is 1.61. The standard InChI is InChI=1S/C7H12N4O2/c1-12-2-3-13-7-4-6(11-8)9-5-10-7/h4-5H,2-3,8H2,1H3,(H,9,10,11). The van der Waals surface area contributed by atoms with Crippen LogP contribution in [0, 0.1) is 0 Å². The average Bonchev–Trinajstić information content (AvgIpc) is 2.19. The molecule has 0 atom stereocenters. The average molecular weight is 184 g/mol. The summed E-state index contributed by atoms with van der Waals surface area (Å²) in [5.74, 6) is 6.14. The van der Waals surface area contributed by atoms with Crippen molar-refractivity contribution in [3.8, 4) is 5.88 Å². The van der Waals surface area contributed by atoms with Crippen LogP contribution in [0.2, 0.25) is 0 Å². The zero-order valence-corrected chi connectivity index (χ0v) is 7.36. The first kappa shape index (κ1) is 9.69. The van der Waals surface area contributed by atoms with Gasteiger partial charge in [0.1, 0.15) is 18.8 Å². The summed E-state index contributed by atoms with van der Waals surface area (Å²) < 4.78 is 10.0. The first-order valence-corrected chi connectivity index (χ1v) is 3.77. The molecule has 0 aliphatic heterocycles. The van der Waals surface area contributed by atoms with Crippen LogP contribution < -0.4 is 16.0 Å². The second-order valence-corrected chi connectivity index (χ2v) is 2.23. The van der Waals surface area contributed by atoms with Crippen LogP contribution >= 0.6 is 0 Å². The number of nitrogen functional groups attached to an aromatic ring is 1. The van der Waals surface area contributed by atoms with Crippen molar-refractivity contribution < 1.29 is 9.47 Å². The maximum atomic E-state index is 5.22. The summed E-state index contributed by atoms with van der Waals surface area (Å²) in [6, 6.07) is 1.61. The molecule has 0 fully saturated rings. The molecule has 0 aliphatic carbocycles. The van der Waals surface area contributed by atoms with Crippen LogP contribution in [0.4, 0.5) is 5.82 Å². The fourth-order valence-electron chi connectivity index (χ4n) is 0.727. The van der Waals surface area contributed by atoms with Gasteiger partial charge in [0.15, 0.2) is 0 Å². The van der Waals surface area contributed by atoms with Crippen LogP contribution in [0.15, 0.2) is 12.4 Å². The number of methoxy groups -OCH3 is 1. The van der Waals surface area contributed by atoms with E-state index in [4.69, 9.17) is 15.3 Å². The molecule has 1 heterocycles. The maximum Gasteiger partial charge on any atom is 0.218 e. The Kier molecular flexibility index (Phi) is 3.94. The van der Waals surface area contributed by atoms with Crippen LogP contribution in [0.5, 0.6) is 5.88 Å². The molecule has 1 aromatic heterocycles. The minimum atomic E-state index is 0.456. The fraction of sp³-hybridized carbons (Fsp3) is 0.429. The van der Waals surface area contributed by atoms with Gasteiger partial charge in [-0.1, -0.05) is 0 Å². The fourth-order valence-corrected chi connectivity index (χ4v) is 0.727. The van der Waals surface area contributed by atoms with Gasteiger partial charge in [0.25, 0.3) is 0 Å². The summed E-state index contributed by atoms with van der Waals surface area (Å²) >= 11 is 0. The summed E-state index contributed by atoms with van der Waals surface area (Å²) in [6.07, 6.45) is 1.37. The lowest BCUT2D eigenvalue weighted by Gasteiger charge is -2.04. The molecule has 0 radical (unpaired) electrons. The van der Waals surface area contributed by atoms with Gasteiger partial charge in [0.05, 0.1) is 6.61 Å². The number of hydrogen-bond acceptors (Lipinski definition) is 6. The molecular formula is C7H12N4O2. The van der Waals surface area contributed by atoms with Crippen molar-refractivity contribution in [3.63, 3.8) is 0 Å². The number of rotatable bonds is 5. The van der Waals surface area contributed by atoms with Crippen LogP contribution in [-0.2, 0) is 4.74 Å². The van der Waals surface area contributed by atoms with Crippen LogP contribution in [0.25, 0.3) is 0 Å². The second kappa shape index (κ2) is 5.28. The number of aromatic nitrogens is 2. The van der Waals surface area contributed by atoms with Crippen LogP contribution in [-0.4, -0.2) is 30.3 Å². The van der Waals surface area contributed by atoms with Gasteiger partial charge in [-0.15, -0.1) is 0 Å². The number of nitrogens with two attached hydrogens (primary N) is 1. The van der Waals surface area contributed by atoms with Crippen molar-refractivity contribution in [2.75, 3.05) is 25.7 Å². The highest BCUT2D eigenvalue weighted by atomic mass is 16.5. The molecular weight excluding hydrogens is 172 g/mol. The molecule has 0 aliphatic rings. The Morgan fingerprint density at radius 1 is 1.46 bits per heavy atom. The third kappa shape index (κ3) is 3.22. The van der Waals surface area contributed by atoms with Crippen molar-refractivity contribution in [1.82, 2.24) is 9.97 Å². The Morgan fingerprint density at radius 2 is 2.31 bits per heavy atom. The Bertz CT molecular complexity index is 256. The smallest absolute Gasteiger partial charge is 0.218 e. The maximum absolute atomic E-state index is 5.22. The molecule has 3 N–H and O–H groups in total. The lowest BCUT2D eigenvalue weighted by molar-refractivity contribution is 0.143. The van der Waals surface area contributed by atoms with Gasteiger partial charge in [0, 0.05) is 13.2 Å². The predicted octanol–water partition coefficient (Wildman–Crippen LogP) is -0.213. The first-order chi connectivity index (χ1) is 6.36. The van der Waals surface area contributed by atoms with Gasteiger partial charge >= 0.3 is 0 Å². The number of nitrogens with zero attached hydrogens (tertiary/aromatic N) is 2. The molecule has 13 heavy (non-hydrogen) atoms. The van der Waals surface area contributed by atoms with E-state index in [1.807, 2.05) is 0 Å². The van der Waals surface area contributed by atoms with E-state index in [1.54, 1.807) is 13.2 Å². The highest BCUT2D eigenvalue weighted by molar-refractivity contribution is 5.35. The first-order valence-electron chi connectivity index (χ1n) is 3.77. The predicted molar refractivity (Wildman–Crippen MR) is 47.2 cm³/mol. The molecule has 0 saturated carbocycles. The van der Waals surface area contributed by atoms with Gasteiger partial charge in [-0.3, -0.25) is 0 Å². The minimum absolute atomic E-state index is 0.456. The quantitative estimate of drug-likeness (QED) is 0.374. The number of anilines is 1. The van der Waals surface area contributed by atoms with Crippen molar-refractivity contribution in [3.05, 3.63) is 12.4 Å². The van der Waals surface area contributed by atoms with E-state index in [2.05, 4.69) is 15.4 Å². The van der Waals surface area contributed by atoms with Gasteiger partial charge in [-0.05, 0) is 0 Å². The Hall–Kier alpha value is -1.40. The van der Waals surface area contributed by atoms with Crippen molar-refractivity contribution >= 4 is 5.82 Å². The van der Waals surface area contributed by atoms with Gasteiger partial charge < -0.3 is 14.9 Å². The van der Waals surface area contributed by atoms with Crippen molar-refractivity contribution in [2.24, 2.45) is 5.84 Å². The molecule has 0 amide bonds. The molecule has 1 aromatic rings. The summed E-state index contributed by atoms with van der Waals surface area (Å²) in [6.45, 7) is 0.979. The van der Waals surface area contributed by atoms with Crippen molar-refractivity contribution in [2.45, 2.75) is 0 Å². The molecule has 0 saturated heterocycles. The van der Waals surface area contributed by atoms with E-state index in [1.165, 1.54) is 6.33 Å². The lowest BCUT2D eigenvalue weighted by atomic mass is 10.6. The summed E-state index contributed by atoms with van der Waals surface area (Å²) in [5, 5.41) is 0. The molecule has 6 heteroatoms. The van der Waals surface area contributed by atoms with E-state index < -0.39 is 0 Å². The lowest BCUT2D eigenvalue weighted by Crippen LogP contribution is -2.10. The Morgan fingerprint density at radius 3 is 3.00 bits per heavy atom. The van der Waals surface area contributed by atoms with Gasteiger partial charge in [0.2, 0.25) is 5.88 Å². The molecule has 0 bridgehead atoms. The van der Waals surface area contributed by atoms with E-state index in [0.717, 1.165) is 0 Å². The number of nitrogens with one attached hydrogen (secondary N) is 1. The number of ether oxygens (including phenoxy) is 2. The molecule has 1 rings (SSSR count). The SMILES string of the molecule is COCCOc1cc(NN)ncn1. The normalized spacial score (nSPS) is 9.69. The highest BCUT2D eigenvalue weighted by Crippen LogP contribution is 2.08. The number of hydrazine groups is 1.